The largest absolute Gasteiger partial charge is 0.311 e. The minimum Gasteiger partial charge on any atom is -0.311 e. The van der Waals surface area contributed by atoms with Gasteiger partial charge in [-0.1, -0.05) is 19.1 Å². The zero-order valence-corrected chi connectivity index (χ0v) is 11.5. The van der Waals surface area contributed by atoms with Gasteiger partial charge >= 0.3 is 0 Å². The van der Waals surface area contributed by atoms with Crippen molar-refractivity contribution in [1.82, 2.24) is 10.2 Å². The monoisotopic (exact) mass is 250 g/mol. The van der Waals surface area contributed by atoms with Gasteiger partial charge in [-0.3, -0.25) is 4.90 Å². The van der Waals surface area contributed by atoms with E-state index in [9.17, 15) is 4.39 Å². The van der Waals surface area contributed by atoms with Crippen molar-refractivity contribution in [1.29, 1.82) is 0 Å². The summed E-state index contributed by atoms with van der Waals surface area (Å²) >= 11 is 0. The standard InChI is InChI=1S/C15H23FN2/c1-11(14-4-6-15(16)7-5-14)9-18-10-12(2)17-8-13(18)3/h4-7,11-13,17H,8-10H2,1-3H3. The molecule has 1 aliphatic rings. The summed E-state index contributed by atoms with van der Waals surface area (Å²) in [6.45, 7) is 9.88. The average Bonchev–Trinajstić information content (AvgIpc) is 2.34. The van der Waals surface area contributed by atoms with E-state index in [1.54, 1.807) is 12.1 Å². The van der Waals surface area contributed by atoms with Crippen LogP contribution in [0.2, 0.25) is 0 Å². The lowest BCUT2D eigenvalue weighted by atomic mass is 9.99. The Balaban J connectivity index is 1.97. The Morgan fingerprint density at radius 3 is 2.67 bits per heavy atom. The zero-order valence-electron chi connectivity index (χ0n) is 11.5. The first-order chi connectivity index (χ1) is 8.56. The smallest absolute Gasteiger partial charge is 0.123 e. The molecule has 100 valence electrons. The third kappa shape index (κ3) is 3.30. The fraction of sp³-hybridized carbons (Fsp3) is 0.600. The number of hydrogen-bond acceptors (Lipinski definition) is 2. The minimum absolute atomic E-state index is 0.157. The van der Waals surface area contributed by atoms with Crippen LogP contribution in [-0.4, -0.2) is 36.6 Å². The van der Waals surface area contributed by atoms with Gasteiger partial charge in [-0.25, -0.2) is 4.39 Å². The van der Waals surface area contributed by atoms with Crippen molar-refractivity contribution in [2.24, 2.45) is 0 Å². The Bertz CT molecular complexity index is 377. The van der Waals surface area contributed by atoms with Crippen LogP contribution in [-0.2, 0) is 0 Å². The third-order valence-corrected chi connectivity index (χ3v) is 3.84. The van der Waals surface area contributed by atoms with E-state index in [1.165, 1.54) is 5.56 Å². The highest BCUT2D eigenvalue weighted by molar-refractivity contribution is 5.20. The van der Waals surface area contributed by atoms with Gasteiger partial charge in [0.25, 0.3) is 0 Å². The highest BCUT2D eigenvalue weighted by Crippen LogP contribution is 2.19. The Labute approximate surface area is 109 Å². The molecule has 18 heavy (non-hydrogen) atoms. The van der Waals surface area contributed by atoms with E-state index in [0.717, 1.165) is 19.6 Å². The molecule has 0 amide bonds. The van der Waals surface area contributed by atoms with Crippen LogP contribution in [0.3, 0.4) is 0 Å². The Hall–Kier alpha value is -0.930. The summed E-state index contributed by atoms with van der Waals surface area (Å²) in [7, 11) is 0. The number of nitrogens with one attached hydrogen (secondary N) is 1. The van der Waals surface area contributed by atoms with E-state index in [0.29, 0.717) is 18.0 Å². The van der Waals surface area contributed by atoms with Crippen molar-refractivity contribution in [3.8, 4) is 0 Å². The second-order valence-corrected chi connectivity index (χ2v) is 5.56. The molecule has 1 fully saturated rings. The fourth-order valence-electron chi connectivity index (χ4n) is 2.60. The highest BCUT2D eigenvalue weighted by Gasteiger charge is 2.23. The van der Waals surface area contributed by atoms with Crippen molar-refractivity contribution in [3.63, 3.8) is 0 Å². The van der Waals surface area contributed by atoms with Crippen LogP contribution >= 0.6 is 0 Å². The number of benzene rings is 1. The van der Waals surface area contributed by atoms with E-state index >= 15 is 0 Å². The average molecular weight is 250 g/mol. The highest BCUT2D eigenvalue weighted by atomic mass is 19.1. The first-order valence-corrected chi connectivity index (χ1v) is 6.79. The van der Waals surface area contributed by atoms with Gasteiger partial charge in [0.1, 0.15) is 5.82 Å². The lowest BCUT2D eigenvalue weighted by Gasteiger charge is -2.39. The molecule has 1 saturated heterocycles. The summed E-state index contributed by atoms with van der Waals surface area (Å²) in [5.41, 5.74) is 1.22. The topological polar surface area (TPSA) is 15.3 Å². The van der Waals surface area contributed by atoms with Gasteiger partial charge in [-0.2, -0.15) is 0 Å². The molecule has 0 spiro atoms. The molecule has 1 aromatic carbocycles. The van der Waals surface area contributed by atoms with Crippen molar-refractivity contribution in [3.05, 3.63) is 35.6 Å². The van der Waals surface area contributed by atoms with Gasteiger partial charge in [0.05, 0.1) is 0 Å². The normalized spacial score (nSPS) is 27.1. The summed E-state index contributed by atoms with van der Waals surface area (Å²) in [5.74, 6) is 0.286. The van der Waals surface area contributed by atoms with Crippen LogP contribution in [0.1, 0.15) is 32.3 Å². The number of nitrogens with zero attached hydrogens (tertiary/aromatic N) is 1. The number of piperazine rings is 1. The number of hydrogen-bond donors (Lipinski definition) is 1. The van der Waals surface area contributed by atoms with E-state index in [4.69, 9.17) is 0 Å². The predicted octanol–water partition coefficient (Wildman–Crippen LogP) is 2.61. The molecule has 2 rings (SSSR count). The third-order valence-electron chi connectivity index (χ3n) is 3.84. The number of halogens is 1. The Kier molecular flexibility index (Phi) is 4.36. The molecule has 0 saturated carbocycles. The van der Waals surface area contributed by atoms with Gasteiger partial charge in [0, 0.05) is 31.7 Å². The van der Waals surface area contributed by atoms with Crippen LogP contribution in [0.25, 0.3) is 0 Å². The van der Waals surface area contributed by atoms with Crippen molar-refractivity contribution < 1.29 is 4.39 Å². The summed E-state index contributed by atoms with van der Waals surface area (Å²) in [6.07, 6.45) is 0. The minimum atomic E-state index is -0.157. The van der Waals surface area contributed by atoms with Crippen LogP contribution in [0, 0.1) is 5.82 Å². The molecule has 3 heteroatoms. The molecule has 3 atom stereocenters. The maximum atomic E-state index is 12.9. The quantitative estimate of drug-likeness (QED) is 0.887. The summed E-state index contributed by atoms with van der Waals surface area (Å²) in [6, 6.07) is 8.03. The van der Waals surface area contributed by atoms with E-state index in [-0.39, 0.29) is 5.82 Å². The molecule has 0 bridgehead atoms. The van der Waals surface area contributed by atoms with Crippen molar-refractivity contribution in [2.45, 2.75) is 38.8 Å². The Morgan fingerprint density at radius 1 is 1.33 bits per heavy atom. The van der Waals surface area contributed by atoms with Gasteiger partial charge < -0.3 is 5.32 Å². The van der Waals surface area contributed by atoms with Crippen LogP contribution in [0.4, 0.5) is 4.39 Å². The predicted molar refractivity (Wildman–Crippen MR) is 73.3 cm³/mol. The maximum absolute atomic E-state index is 12.9. The Morgan fingerprint density at radius 2 is 2.00 bits per heavy atom. The molecule has 1 heterocycles. The van der Waals surface area contributed by atoms with Gasteiger partial charge in [0.15, 0.2) is 0 Å². The molecular formula is C15H23FN2. The van der Waals surface area contributed by atoms with Crippen LogP contribution < -0.4 is 5.32 Å². The molecule has 1 N–H and O–H groups in total. The fourth-order valence-corrected chi connectivity index (χ4v) is 2.60. The maximum Gasteiger partial charge on any atom is 0.123 e. The van der Waals surface area contributed by atoms with Crippen molar-refractivity contribution >= 4 is 0 Å². The lowest BCUT2D eigenvalue weighted by Crippen LogP contribution is -2.54. The lowest BCUT2D eigenvalue weighted by molar-refractivity contribution is 0.140. The molecule has 0 radical (unpaired) electrons. The van der Waals surface area contributed by atoms with Crippen LogP contribution in [0.15, 0.2) is 24.3 Å². The van der Waals surface area contributed by atoms with Gasteiger partial charge in [-0.05, 0) is 37.5 Å². The molecular weight excluding hydrogens is 227 g/mol. The first kappa shape index (κ1) is 13.5. The van der Waals surface area contributed by atoms with Crippen molar-refractivity contribution in [2.75, 3.05) is 19.6 Å². The van der Waals surface area contributed by atoms with E-state index < -0.39 is 0 Å². The molecule has 0 aliphatic carbocycles. The van der Waals surface area contributed by atoms with E-state index in [2.05, 4.69) is 31.0 Å². The summed E-state index contributed by atoms with van der Waals surface area (Å²) in [4.78, 5) is 2.52. The van der Waals surface area contributed by atoms with Gasteiger partial charge in [0.2, 0.25) is 0 Å². The van der Waals surface area contributed by atoms with Crippen LogP contribution in [0.5, 0.6) is 0 Å². The second kappa shape index (κ2) is 5.81. The molecule has 2 nitrogen and oxygen atoms in total. The molecule has 3 unspecified atom stereocenters. The number of rotatable bonds is 3. The SMILES string of the molecule is CC1CN(CC(C)c2ccc(F)cc2)C(C)CN1. The summed E-state index contributed by atoms with van der Waals surface area (Å²) < 4.78 is 12.9. The second-order valence-electron chi connectivity index (χ2n) is 5.56. The summed E-state index contributed by atoms with van der Waals surface area (Å²) in [5, 5.41) is 3.49. The van der Waals surface area contributed by atoms with Gasteiger partial charge in [-0.15, -0.1) is 0 Å². The zero-order chi connectivity index (χ0) is 13.1. The van der Waals surface area contributed by atoms with E-state index in [1.807, 2.05) is 12.1 Å². The first-order valence-electron chi connectivity index (χ1n) is 6.79. The molecule has 0 aromatic heterocycles. The molecule has 1 aromatic rings. The molecule has 1 aliphatic heterocycles.